The number of nitrogens with zero attached hydrogens (tertiary/aromatic N) is 1. The maximum Gasteiger partial charge on any atom is 0.243 e. The Balaban J connectivity index is 1.68. The van der Waals surface area contributed by atoms with Crippen molar-refractivity contribution in [1.29, 1.82) is 0 Å². The monoisotopic (exact) mass is 505 g/mol. The summed E-state index contributed by atoms with van der Waals surface area (Å²) in [6.45, 7) is 6.96. The van der Waals surface area contributed by atoms with Crippen molar-refractivity contribution in [3.8, 4) is 11.5 Å². The number of carbonyl (C=O) groups excluding carboxylic acids is 3. The Bertz CT molecular complexity index is 1150. The van der Waals surface area contributed by atoms with Gasteiger partial charge in [-0.05, 0) is 58.0 Å². The van der Waals surface area contributed by atoms with Crippen LogP contribution >= 0.6 is 0 Å². The van der Waals surface area contributed by atoms with Crippen LogP contribution in [-0.4, -0.2) is 51.8 Å². The fraction of sp³-hybridized carbons (Fsp3) is 0.375. The molecule has 1 aliphatic rings. The molecule has 2 aromatic rings. The fourth-order valence-electron chi connectivity index (χ4n) is 3.38. The fourth-order valence-corrected chi connectivity index (χ4v) is 4.26. The van der Waals surface area contributed by atoms with E-state index in [4.69, 9.17) is 9.47 Å². The Morgan fingerprint density at radius 3 is 2.49 bits per heavy atom. The number of halogens is 1. The van der Waals surface area contributed by atoms with Gasteiger partial charge in [0.2, 0.25) is 24.5 Å². The topological polar surface area (TPSA) is 114 Å². The maximum atomic E-state index is 13.9. The minimum Gasteiger partial charge on any atom is -0.454 e. The van der Waals surface area contributed by atoms with Crippen LogP contribution in [0.15, 0.2) is 42.5 Å². The van der Waals surface area contributed by atoms with E-state index < -0.39 is 57.4 Å². The van der Waals surface area contributed by atoms with E-state index in [2.05, 4.69) is 10.6 Å². The van der Waals surface area contributed by atoms with Crippen molar-refractivity contribution in [3.05, 3.63) is 48.3 Å². The quantitative estimate of drug-likeness (QED) is 0.570. The van der Waals surface area contributed by atoms with Gasteiger partial charge in [-0.3, -0.25) is 23.5 Å². The number of benzene rings is 2. The summed E-state index contributed by atoms with van der Waals surface area (Å²) in [6.07, 6.45) is 0. The number of ether oxygens (including phenoxy) is 2. The van der Waals surface area contributed by atoms with E-state index in [1.165, 1.54) is 25.1 Å². The standard InChI is InChI=1S/C24H28FN3O6S/c1-15(23(31)27-24(2,3)4)28(18-7-5-6-16(25)10-18)22(30)13-35(32)12-21(29)26-17-8-9-19-20(11-17)34-14-33-19/h5-11,15H,12-14H2,1-4H3,(H,26,29)(H,27,31)/t15-,35+/m0/s1. The molecule has 0 spiro atoms. The van der Waals surface area contributed by atoms with Crippen LogP contribution in [-0.2, 0) is 25.2 Å². The Hall–Kier alpha value is -3.47. The van der Waals surface area contributed by atoms with Crippen molar-refractivity contribution < 1.29 is 32.5 Å². The summed E-state index contributed by atoms with van der Waals surface area (Å²) in [6, 6.07) is 9.04. The van der Waals surface area contributed by atoms with Gasteiger partial charge in [0.05, 0.1) is 0 Å². The molecule has 0 unspecified atom stereocenters. The normalized spacial score (nSPS) is 14.1. The minimum absolute atomic E-state index is 0.0902. The van der Waals surface area contributed by atoms with Crippen molar-refractivity contribution in [2.45, 2.75) is 39.3 Å². The summed E-state index contributed by atoms with van der Waals surface area (Å²) >= 11 is 0. The molecule has 0 aliphatic carbocycles. The number of fused-ring (bicyclic) bond motifs is 1. The van der Waals surface area contributed by atoms with Gasteiger partial charge >= 0.3 is 0 Å². The van der Waals surface area contributed by atoms with Gasteiger partial charge in [-0.1, -0.05) is 6.07 Å². The zero-order valence-corrected chi connectivity index (χ0v) is 20.7. The highest BCUT2D eigenvalue weighted by Crippen LogP contribution is 2.34. The van der Waals surface area contributed by atoms with Gasteiger partial charge in [-0.2, -0.15) is 0 Å². The molecule has 3 amide bonds. The minimum atomic E-state index is -1.89. The van der Waals surface area contributed by atoms with Gasteiger partial charge in [-0.15, -0.1) is 0 Å². The van der Waals surface area contributed by atoms with E-state index in [9.17, 15) is 23.0 Å². The molecular weight excluding hydrogens is 477 g/mol. The number of hydrogen-bond acceptors (Lipinski definition) is 6. The van der Waals surface area contributed by atoms with Crippen LogP contribution in [0.2, 0.25) is 0 Å². The summed E-state index contributed by atoms with van der Waals surface area (Å²) in [4.78, 5) is 39.3. The zero-order valence-electron chi connectivity index (χ0n) is 19.9. The van der Waals surface area contributed by atoms with Crippen molar-refractivity contribution in [3.63, 3.8) is 0 Å². The highest BCUT2D eigenvalue weighted by Gasteiger charge is 2.31. The largest absolute Gasteiger partial charge is 0.454 e. The number of hydrogen-bond donors (Lipinski definition) is 2. The van der Waals surface area contributed by atoms with Crippen LogP contribution in [0.5, 0.6) is 11.5 Å². The van der Waals surface area contributed by atoms with E-state index in [1.807, 2.05) is 0 Å². The Kier molecular flexibility index (Phi) is 8.11. The lowest BCUT2D eigenvalue weighted by Crippen LogP contribution is -2.53. The molecule has 0 saturated carbocycles. The molecule has 35 heavy (non-hydrogen) atoms. The Morgan fingerprint density at radius 2 is 1.80 bits per heavy atom. The van der Waals surface area contributed by atoms with Crippen molar-refractivity contribution in [2.24, 2.45) is 0 Å². The first-order valence-corrected chi connectivity index (χ1v) is 12.4. The lowest BCUT2D eigenvalue weighted by atomic mass is 10.1. The molecule has 2 aromatic carbocycles. The first-order valence-electron chi connectivity index (χ1n) is 10.9. The lowest BCUT2D eigenvalue weighted by Gasteiger charge is -2.31. The SMILES string of the molecule is C[C@@H](C(=O)NC(C)(C)C)N(C(=O)C[S@](=O)CC(=O)Nc1ccc2c(c1)OCO2)c1cccc(F)c1. The average Bonchev–Trinajstić information content (AvgIpc) is 3.20. The van der Waals surface area contributed by atoms with E-state index in [0.29, 0.717) is 17.2 Å². The zero-order chi connectivity index (χ0) is 25.8. The molecule has 2 atom stereocenters. The van der Waals surface area contributed by atoms with Gasteiger partial charge in [0.25, 0.3) is 0 Å². The summed E-state index contributed by atoms with van der Waals surface area (Å²) in [5.41, 5.74) is 0.0160. The number of carbonyl (C=O) groups is 3. The van der Waals surface area contributed by atoms with Gasteiger partial charge < -0.3 is 20.1 Å². The molecule has 0 fully saturated rings. The average molecular weight is 506 g/mol. The van der Waals surface area contributed by atoms with Crippen molar-refractivity contribution >= 4 is 39.9 Å². The summed E-state index contributed by atoms with van der Waals surface area (Å²) in [5, 5.41) is 5.39. The molecule has 0 radical (unpaired) electrons. The molecule has 2 N–H and O–H groups in total. The van der Waals surface area contributed by atoms with Crippen LogP contribution in [0, 0.1) is 5.82 Å². The van der Waals surface area contributed by atoms with Gasteiger partial charge in [0, 0.05) is 33.8 Å². The van der Waals surface area contributed by atoms with E-state index in [0.717, 1.165) is 11.0 Å². The van der Waals surface area contributed by atoms with Crippen LogP contribution in [0.25, 0.3) is 0 Å². The highest BCUT2D eigenvalue weighted by atomic mass is 32.2. The third-order valence-electron chi connectivity index (χ3n) is 4.85. The molecule has 3 rings (SSSR count). The van der Waals surface area contributed by atoms with Crippen molar-refractivity contribution in [2.75, 3.05) is 28.5 Å². The van der Waals surface area contributed by atoms with Crippen molar-refractivity contribution in [1.82, 2.24) is 5.32 Å². The number of rotatable bonds is 8. The predicted molar refractivity (Wildman–Crippen MR) is 130 cm³/mol. The summed E-state index contributed by atoms with van der Waals surface area (Å²) in [5.74, 6) is -2.23. The third-order valence-corrected chi connectivity index (χ3v) is 6.01. The van der Waals surface area contributed by atoms with Crippen LogP contribution in [0.3, 0.4) is 0 Å². The first kappa shape index (κ1) is 26.1. The molecule has 188 valence electrons. The molecule has 1 heterocycles. The number of amides is 3. The molecular formula is C24H28FN3O6S. The lowest BCUT2D eigenvalue weighted by molar-refractivity contribution is -0.126. The molecule has 9 nitrogen and oxygen atoms in total. The highest BCUT2D eigenvalue weighted by molar-refractivity contribution is 7.86. The van der Waals surface area contributed by atoms with E-state index in [-0.39, 0.29) is 12.5 Å². The van der Waals surface area contributed by atoms with Crippen LogP contribution in [0.4, 0.5) is 15.8 Å². The van der Waals surface area contributed by atoms with Gasteiger partial charge in [0.15, 0.2) is 11.5 Å². The van der Waals surface area contributed by atoms with E-state index in [1.54, 1.807) is 39.0 Å². The second-order valence-corrected chi connectivity index (χ2v) is 10.5. The van der Waals surface area contributed by atoms with Gasteiger partial charge in [0.1, 0.15) is 23.4 Å². The van der Waals surface area contributed by atoms with Crippen LogP contribution < -0.4 is 25.0 Å². The third kappa shape index (κ3) is 7.25. The smallest absolute Gasteiger partial charge is 0.243 e. The van der Waals surface area contributed by atoms with E-state index >= 15 is 0 Å². The molecule has 0 saturated heterocycles. The number of nitrogens with one attached hydrogen (secondary N) is 2. The molecule has 11 heteroatoms. The predicted octanol–water partition coefficient (Wildman–Crippen LogP) is 2.58. The van der Waals surface area contributed by atoms with Gasteiger partial charge in [-0.25, -0.2) is 4.39 Å². The first-order chi connectivity index (χ1) is 16.4. The summed E-state index contributed by atoms with van der Waals surface area (Å²) < 4.78 is 37.0. The number of anilines is 2. The summed E-state index contributed by atoms with van der Waals surface area (Å²) in [7, 11) is -1.89. The Labute approximate surface area is 205 Å². The Morgan fingerprint density at radius 1 is 1.09 bits per heavy atom. The second kappa shape index (κ2) is 10.9. The molecule has 0 bridgehead atoms. The second-order valence-electron chi connectivity index (χ2n) is 9.00. The maximum absolute atomic E-state index is 13.9. The molecule has 1 aliphatic heterocycles. The molecule has 0 aromatic heterocycles. The van der Waals surface area contributed by atoms with Crippen LogP contribution in [0.1, 0.15) is 27.7 Å².